The van der Waals surface area contributed by atoms with Gasteiger partial charge in [0, 0.05) is 6.61 Å². The van der Waals surface area contributed by atoms with Crippen LogP contribution in [-0.4, -0.2) is 81.6 Å². The first-order valence-electron chi connectivity index (χ1n) is 12.4. The van der Waals surface area contributed by atoms with Crippen LogP contribution in [0.1, 0.15) is 71.6 Å². The summed E-state index contributed by atoms with van der Waals surface area (Å²) in [6.07, 6.45) is 11.5. The first-order valence-corrected chi connectivity index (χ1v) is 13.1. The number of ether oxygens (including phenoxy) is 4. The van der Waals surface area contributed by atoms with E-state index in [0.29, 0.717) is 33.0 Å². The lowest BCUT2D eigenvalue weighted by atomic mass is 10.1. The second-order valence-electron chi connectivity index (χ2n) is 8.42. The molecule has 196 valence electrons. The summed E-state index contributed by atoms with van der Waals surface area (Å²) in [5.41, 5.74) is 0. The van der Waals surface area contributed by atoms with Crippen molar-refractivity contribution >= 4 is 24.5 Å². The van der Waals surface area contributed by atoms with E-state index in [9.17, 15) is 9.59 Å². The van der Waals surface area contributed by atoms with Crippen molar-refractivity contribution in [2.45, 2.75) is 77.7 Å². The molecule has 1 atom stereocenters. The van der Waals surface area contributed by atoms with E-state index in [1.54, 1.807) is 13.8 Å². The van der Waals surface area contributed by atoms with Crippen LogP contribution in [0.5, 0.6) is 0 Å². The van der Waals surface area contributed by atoms with Crippen molar-refractivity contribution in [3.05, 3.63) is 0 Å². The van der Waals surface area contributed by atoms with Gasteiger partial charge in [-0.3, -0.25) is 4.79 Å². The summed E-state index contributed by atoms with van der Waals surface area (Å²) in [5.74, 6) is -0.688. The van der Waals surface area contributed by atoms with Crippen molar-refractivity contribution in [3.63, 3.8) is 0 Å². The fourth-order valence-electron chi connectivity index (χ4n) is 3.11. The molecule has 0 radical (unpaired) electrons. The summed E-state index contributed by atoms with van der Waals surface area (Å²) in [5, 5.41) is 11.5. The third-order valence-corrected chi connectivity index (χ3v) is 5.36. The molecule has 0 aromatic carbocycles. The zero-order chi connectivity index (χ0) is 24.6. The average molecular weight is 494 g/mol. The molecular formula is C24H47NO7S. The third-order valence-electron chi connectivity index (χ3n) is 5.05. The van der Waals surface area contributed by atoms with Crippen LogP contribution in [0.25, 0.3) is 0 Å². The molecule has 0 saturated carbocycles. The lowest BCUT2D eigenvalue weighted by Crippen LogP contribution is -2.45. The number of hydrogen-bond donors (Lipinski definition) is 3. The molecule has 0 saturated heterocycles. The quantitative estimate of drug-likeness (QED) is 0.132. The molecule has 0 aromatic rings. The van der Waals surface area contributed by atoms with Gasteiger partial charge in [-0.1, -0.05) is 58.8 Å². The molecule has 0 rings (SSSR count). The van der Waals surface area contributed by atoms with E-state index in [1.165, 1.54) is 51.4 Å². The lowest BCUT2D eigenvalue weighted by molar-refractivity contribution is -0.144. The minimum absolute atomic E-state index is 0.190. The Morgan fingerprint density at radius 3 is 1.58 bits per heavy atom. The molecule has 0 heterocycles. The average Bonchev–Trinajstić information content (AvgIpc) is 2.78. The van der Waals surface area contributed by atoms with Gasteiger partial charge in [0.05, 0.1) is 39.6 Å². The maximum absolute atomic E-state index is 11.7. The molecule has 0 aliphatic heterocycles. The number of nitrogens with one attached hydrogen (secondary N) is 1. The maximum atomic E-state index is 11.7. The molecule has 0 unspecified atom stereocenters. The van der Waals surface area contributed by atoms with Gasteiger partial charge in [0.25, 0.3) is 0 Å². The van der Waals surface area contributed by atoms with Crippen molar-refractivity contribution < 1.29 is 33.6 Å². The number of carbonyl (C=O) groups is 2. The largest absolute Gasteiger partial charge is 0.480 e. The van der Waals surface area contributed by atoms with Crippen molar-refractivity contribution in [3.8, 4) is 0 Å². The zero-order valence-electron chi connectivity index (χ0n) is 20.7. The summed E-state index contributed by atoms with van der Waals surface area (Å²) in [7, 11) is 0. The highest BCUT2D eigenvalue weighted by molar-refractivity contribution is 7.80. The standard InChI is InChI=1S/C24H47NO7S/c1-21(2)23(24(27)28)25-22(26)20-32-18-17-31-16-15-30-14-13-29-12-10-8-6-4-3-5-7-9-11-19-33/h21,23,33H,3-20H2,1-2H3,(H,25,26)(H,27,28)/t23-/m0/s1. The predicted molar refractivity (Wildman–Crippen MR) is 133 cm³/mol. The fraction of sp³-hybridized carbons (Fsp3) is 0.917. The first kappa shape index (κ1) is 32.1. The predicted octanol–water partition coefficient (Wildman–Crippen LogP) is 3.72. The molecule has 8 nitrogen and oxygen atoms in total. The number of hydrogen-bond acceptors (Lipinski definition) is 7. The van der Waals surface area contributed by atoms with Gasteiger partial charge in [-0.2, -0.15) is 12.6 Å². The minimum Gasteiger partial charge on any atom is -0.480 e. The van der Waals surface area contributed by atoms with Gasteiger partial charge in [-0.05, 0) is 24.5 Å². The van der Waals surface area contributed by atoms with Gasteiger partial charge in [0.1, 0.15) is 12.6 Å². The molecule has 9 heteroatoms. The SMILES string of the molecule is CC(C)[C@H](NC(=O)COCCOCCOCCOCCCCCCCCCCCS)C(=O)O. The van der Waals surface area contributed by atoms with Crippen molar-refractivity contribution in [2.24, 2.45) is 5.92 Å². The third kappa shape index (κ3) is 22.7. The Morgan fingerprint density at radius 1 is 0.697 bits per heavy atom. The van der Waals surface area contributed by atoms with Gasteiger partial charge < -0.3 is 29.4 Å². The number of carboxylic acids is 1. The number of unbranched alkanes of at least 4 members (excludes halogenated alkanes) is 8. The molecule has 0 spiro atoms. The Labute approximate surface area is 205 Å². The highest BCUT2D eigenvalue weighted by atomic mass is 32.1. The van der Waals surface area contributed by atoms with E-state index >= 15 is 0 Å². The van der Waals surface area contributed by atoms with Gasteiger partial charge in [-0.15, -0.1) is 0 Å². The monoisotopic (exact) mass is 493 g/mol. The van der Waals surface area contributed by atoms with Crippen molar-refractivity contribution in [2.75, 3.05) is 58.6 Å². The minimum atomic E-state index is -1.05. The summed E-state index contributed by atoms with van der Waals surface area (Å²) in [6.45, 7) is 6.73. The van der Waals surface area contributed by atoms with E-state index < -0.39 is 17.9 Å². The normalized spacial score (nSPS) is 12.2. The van der Waals surface area contributed by atoms with Gasteiger partial charge >= 0.3 is 5.97 Å². The molecule has 33 heavy (non-hydrogen) atoms. The molecule has 0 aromatic heterocycles. The molecule has 0 fully saturated rings. The van der Waals surface area contributed by atoms with E-state index in [-0.39, 0.29) is 19.1 Å². The molecule has 0 aliphatic rings. The highest BCUT2D eigenvalue weighted by Gasteiger charge is 2.23. The van der Waals surface area contributed by atoms with Gasteiger partial charge in [-0.25, -0.2) is 4.79 Å². The molecule has 1 amide bonds. The molecule has 2 N–H and O–H groups in total. The second kappa shape index (κ2) is 24.3. The van der Waals surface area contributed by atoms with E-state index in [1.807, 2.05) is 0 Å². The maximum Gasteiger partial charge on any atom is 0.326 e. The van der Waals surface area contributed by atoms with E-state index in [2.05, 4.69) is 17.9 Å². The van der Waals surface area contributed by atoms with Crippen LogP contribution in [0, 0.1) is 5.92 Å². The number of aliphatic carboxylic acids is 1. The highest BCUT2D eigenvalue weighted by Crippen LogP contribution is 2.10. The van der Waals surface area contributed by atoms with Crippen LogP contribution in [0.4, 0.5) is 0 Å². The molecule has 0 bridgehead atoms. The number of carbonyl (C=O) groups excluding carboxylic acids is 1. The molecular weight excluding hydrogens is 446 g/mol. The zero-order valence-corrected chi connectivity index (χ0v) is 21.6. The van der Waals surface area contributed by atoms with Gasteiger partial charge in [0.2, 0.25) is 5.91 Å². The summed E-state index contributed by atoms with van der Waals surface area (Å²) in [4.78, 5) is 22.7. The summed E-state index contributed by atoms with van der Waals surface area (Å²) in [6, 6.07) is -0.911. The van der Waals surface area contributed by atoms with Crippen molar-refractivity contribution in [1.29, 1.82) is 0 Å². The Hall–Kier alpha value is -0.870. The van der Waals surface area contributed by atoms with Crippen LogP contribution in [0.3, 0.4) is 0 Å². The number of amides is 1. The summed E-state index contributed by atoms with van der Waals surface area (Å²) >= 11 is 4.23. The first-order chi connectivity index (χ1) is 16.0. The van der Waals surface area contributed by atoms with Crippen LogP contribution < -0.4 is 5.32 Å². The molecule has 0 aliphatic carbocycles. The van der Waals surface area contributed by atoms with E-state index in [0.717, 1.165) is 18.8 Å². The van der Waals surface area contributed by atoms with Crippen LogP contribution in [0.2, 0.25) is 0 Å². The summed E-state index contributed by atoms with van der Waals surface area (Å²) < 4.78 is 21.6. The number of thiol groups is 1. The Kier molecular flexibility index (Phi) is 23.6. The van der Waals surface area contributed by atoms with Crippen LogP contribution in [0.15, 0.2) is 0 Å². The van der Waals surface area contributed by atoms with Crippen molar-refractivity contribution in [1.82, 2.24) is 5.32 Å². The van der Waals surface area contributed by atoms with Gasteiger partial charge in [0.15, 0.2) is 0 Å². The smallest absolute Gasteiger partial charge is 0.326 e. The fourth-order valence-corrected chi connectivity index (χ4v) is 3.33. The number of carboxylic acid groups (broad SMARTS) is 1. The van der Waals surface area contributed by atoms with Crippen LogP contribution in [-0.2, 0) is 28.5 Å². The lowest BCUT2D eigenvalue weighted by Gasteiger charge is -2.17. The van der Waals surface area contributed by atoms with E-state index in [4.69, 9.17) is 24.1 Å². The Morgan fingerprint density at radius 2 is 1.12 bits per heavy atom. The van der Waals surface area contributed by atoms with Crippen LogP contribution >= 0.6 is 12.6 Å². The number of rotatable bonds is 25. The second-order valence-corrected chi connectivity index (χ2v) is 8.87. The topological polar surface area (TPSA) is 103 Å². The Bertz CT molecular complexity index is 466. The Balaban J connectivity index is 3.25.